The Balaban J connectivity index is 1.76. The molecule has 2 aliphatic heterocycles. The number of likely N-dealkylation sites (tertiary alicyclic amines) is 2. The SMILES string of the molecule is CCn1nc(C(C)C)cc1C(=O)N1C[C@@H](O)[C@H](N2CCCC2)C1. The van der Waals surface area contributed by atoms with Crippen LogP contribution >= 0.6 is 0 Å². The fraction of sp³-hybridized carbons (Fsp3) is 0.765. The molecule has 0 unspecified atom stereocenters. The molecule has 2 saturated heterocycles. The van der Waals surface area contributed by atoms with Gasteiger partial charge in [-0.1, -0.05) is 13.8 Å². The van der Waals surface area contributed by atoms with Crippen molar-refractivity contribution in [2.75, 3.05) is 26.2 Å². The summed E-state index contributed by atoms with van der Waals surface area (Å²) in [5.74, 6) is 0.294. The van der Waals surface area contributed by atoms with E-state index in [0.717, 1.165) is 18.8 Å². The van der Waals surface area contributed by atoms with E-state index in [1.54, 1.807) is 9.58 Å². The quantitative estimate of drug-likeness (QED) is 0.908. The summed E-state index contributed by atoms with van der Waals surface area (Å²) in [5, 5.41) is 14.9. The lowest BCUT2D eigenvalue weighted by Gasteiger charge is -2.25. The lowest BCUT2D eigenvalue weighted by molar-refractivity contribution is 0.0751. The molecular weight excluding hydrogens is 292 g/mol. The zero-order chi connectivity index (χ0) is 16.6. The second-order valence-corrected chi connectivity index (χ2v) is 7.01. The van der Waals surface area contributed by atoms with Crippen molar-refractivity contribution in [1.29, 1.82) is 0 Å². The standard InChI is InChI=1S/C17H28N4O2/c1-4-21-14(9-13(18-21)12(2)3)17(23)20-10-15(16(22)11-20)19-7-5-6-8-19/h9,12,15-16,22H,4-8,10-11H2,1-3H3/t15-,16-/m1/s1. The van der Waals surface area contributed by atoms with Crippen LogP contribution in [0.15, 0.2) is 6.07 Å². The number of aliphatic hydroxyl groups is 1. The zero-order valence-electron chi connectivity index (χ0n) is 14.4. The van der Waals surface area contributed by atoms with Crippen LogP contribution in [0.5, 0.6) is 0 Å². The summed E-state index contributed by atoms with van der Waals surface area (Å²) in [7, 11) is 0. The van der Waals surface area contributed by atoms with Crippen molar-refractivity contribution < 1.29 is 9.90 Å². The molecule has 0 radical (unpaired) electrons. The number of hydrogen-bond acceptors (Lipinski definition) is 4. The van der Waals surface area contributed by atoms with Crippen LogP contribution in [0.4, 0.5) is 0 Å². The van der Waals surface area contributed by atoms with Crippen molar-refractivity contribution in [2.45, 2.75) is 58.2 Å². The van der Waals surface area contributed by atoms with Crippen molar-refractivity contribution in [3.05, 3.63) is 17.5 Å². The molecule has 3 rings (SSSR count). The maximum Gasteiger partial charge on any atom is 0.272 e. The van der Waals surface area contributed by atoms with Crippen LogP contribution in [0, 0.1) is 0 Å². The first-order valence-corrected chi connectivity index (χ1v) is 8.80. The predicted molar refractivity (Wildman–Crippen MR) is 88.5 cm³/mol. The lowest BCUT2D eigenvalue weighted by atomic mass is 10.1. The Morgan fingerprint density at radius 2 is 2.04 bits per heavy atom. The van der Waals surface area contributed by atoms with Gasteiger partial charge >= 0.3 is 0 Å². The number of amides is 1. The molecule has 0 aromatic carbocycles. The van der Waals surface area contributed by atoms with Gasteiger partial charge in [0, 0.05) is 19.6 Å². The molecule has 0 bridgehead atoms. The highest BCUT2D eigenvalue weighted by Gasteiger charge is 2.39. The van der Waals surface area contributed by atoms with Gasteiger partial charge in [0.15, 0.2) is 0 Å². The van der Waals surface area contributed by atoms with E-state index in [9.17, 15) is 9.90 Å². The molecule has 1 aromatic heterocycles. The molecule has 3 heterocycles. The highest BCUT2D eigenvalue weighted by Crippen LogP contribution is 2.23. The van der Waals surface area contributed by atoms with Crippen molar-refractivity contribution in [2.24, 2.45) is 0 Å². The molecule has 1 N–H and O–H groups in total. The number of aryl methyl sites for hydroxylation is 1. The monoisotopic (exact) mass is 320 g/mol. The molecule has 0 saturated carbocycles. The molecule has 1 aromatic rings. The number of aliphatic hydroxyl groups excluding tert-OH is 1. The van der Waals surface area contributed by atoms with E-state index in [0.29, 0.717) is 31.2 Å². The molecule has 0 spiro atoms. The number of nitrogens with zero attached hydrogens (tertiary/aromatic N) is 4. The van der Waals surface area contributed by atoms with Crippen molar-refractivity contribution >= 4 is 5.91 Å². The normalized spacial score (nSPS) is 25.7. The van der Waals surface area contributed by atoms with Crippen LogP contribution in [-0.2, 0) is 6.54 Å². The minimum atomic E-state index is -0.445. The molecule has 1 amide bonds. The second kappa shape index (κ2) is 6.61. The van der Waals surface area contributed by atoms with Gasteiger partial charge in [-0.2, -0.15) is 5.10 Å². The van der Waals surface area contributed by atoms with Crippen LogP contribution in [0.25, 0.3) is 0 Å². The van der Waals surface area contributed by atoms with E-state index >= 15 is 0 Å². The molecule has 2 fully saturated rings. The Labute approximate surface area is 138 Å². The van der Waals surface area contributed by atoms with Gasteiger partial charge < -0.3 is 10.0 Å². The van der Waals surface area contributed by atoms with E-state index in [4.69, 9.17) is 0 Å². The number of rotatable bonds is 4. The van der Waals surface area contributed by atoms with Gasteiger partial charge in [0.25, 0.3) is 5.91 Å². The molecule has 2 aliphatic rings. The topological polar surface area (TPSA) is 61.6 Å². The van der Waals surface area contributed by atoms with E-state index in [1.165, 1.54) is 12.8 Å². The largest absolute Gasteiger partial charge is 0.390 e. The number of hydrogen-bond donors (Lipinski definition) is 1. The number of carbonyl (C=O) groups is 1. The molecule has 128 valence electrons. The summed E-state index contributed by atoms with van der Waals surface area (Å²) < 4.78 is 1.78. The molecule has 23 heavy (non-hydrogen) atoms. The Hall–Kier alpha value is -1.40. The third-order valence-electron chi connectivity index (χ3n) is 5.06. The summed E-state index contributed by atoms with van der Waals surface area (Å²) in [6.07, 6.45) is 1.94. The van der Waals surface area contributed by atoms with E-state index < -0.39 is 6.10 Å². The van der Waals surface area contributed by atoms with Gasteiger partial charge in [-0.25, -0.2) is 0 Å². The number of aromatic nitrogens is 2. The molecule has 2 atom stereocenters. The van der Waals surface area contributed by atoms with Crippen molar-refractivity contribution in [1.82, 2.24) is 19.6 Å². The molecule has 6 nitrogen and oxygen atoms in total. The third-order valence-corrected chi connectivity index (χ3v) is 5.06. The Morgan fingerprint density at radius 3 is 2.65 bits per heavy atom. The first kappa shape index (κ1) is 16.5. The van der Waals surface area contributed by atoms with Gasteiger partial charge in [0.2, 0.25) is 0 Å². The van der Waals surface area contributed by atoms with E-state index in [2.05, 4.69) is 23.8 Å². The molecule has 6 heteroatoms. The molecule has 0 aliphatic carbocycles. The van der Waals surface area contributed by atoms with Crippen molar-refractivity contribution in [3.63, 3.8) is 0 Å². The van der Waals surface area contributed by atoms with Gasteiger partial charge in [0.1, 0.15) is 5.69 Å². The Kier molecular flexibility index (Phi) is 4.73. The van der Waals surface area contributed by atoms with Gasteiger partial charge in [-0.3, -0.25) is 14.4 Å². The van der Waals surface area contributed by atoms with Crippen molar-refractivity contribution in [3.8, 4) is 0 Å². The Morgan fingerprint density at radius 1 is 1.35 bits per heavy atom. The van der Waals surface area contributed by atoms with Gasteiger partial charge in [-0.05, 0) is 44.8 Å². The maximum absolute atomic E-state index is 12.9. The summed E-state index contributed by atoms with van der Waals surface area (Å²) in [4.78, 5) is 17.0. The second-order valence-electron chi connectivity index (χ2n) is 7.01. The van der Waals surface area contributed by atoms with Crippen LogP contribution in [0.2, 0.25) is 0 Å². The number of β-amino-alcohol motifs (C(OH)–C–C–N with tert-alkyl or cyclic N) is 1. The fourth-order valence-corrected chi connectivity index (χ4v) is 3.66. The average molecular weight is 320 g/mol. The first-order valence-electron chi connectivity index (χ1n) is 8.80. The van der Waals surface area contributed by atoms with E-state index in [-0.39, 0.29) is 11.9 Å². The maximum atomic E-state index is 12.9. The Bertz CT molecular complexity index is 563. The van der Waals surface area contributed by atoms with Gasteiger partial charge in [0.05, 0.1) is 17.8 Å². The van der Waals surface area contributed by atoms with Crippen LogP contribution in [0.3, 0.4) is 0 Å². The minimum absolute atomic E-state index is 0.00741. The zero-order valence-corrected chi connectivity index (χ0v) is 14.4. The predicted octanol–water partition coefficient (Wildman–Crippen LogP) is 1.31. The smallest absolute Gasteiger partial charge is 0.272 e. The highest BCUT2D eigenvalue weighted by atomic mass is 16.3. The van der Waals surface area contributed by atoms with Gasteiger partial charge in [-0.15, -0.1) is 0 Å². The summed E-state index contributed by atoms with van der Waals surface area (Å²) in [6, 6.07) is 2.00. The van der Waals surface area contributed by atoms with Crippen LogP contribution in [0.1, 0.15) is 55.7 Å². The first-order chi connectivity index (χ1) is 11.0. The summed E-state index contributed by atoms with van der Waals surface area (Å²) >= 11 is 0. The van der Waals surface area contributed by atoms with E-state index in [1.807, 2.05) is 13.0 Å². The molecular formula is C17H28N4O2. The third kappa shape index (κ3) is 3.15. The summed E-state index contributed by atoms with van der Waals surface area (Å²) in [5.41, 5.74) is 1.59. The fourth-order valence-electron chi connectivity index (χ4n) is 3.66. The summed E-state index contributed by atoms with van der Waals surface area (Å²) in [6.45, 7) is 9.96. The average Bonchev–Trinajstić information content (AvgIpc) is 3.24. The number of carbonyl (C=O) groups excluding carboxylic acids is 1. The van der Waals surface area contributed by atoms with Crippen LogP contribution in [-0.4, -0.2) is 68.9 Å². The highest BCUT2D eigenvalue weighted by molar-refractivity contribution is 5.93. The van der Waals surface area contributed by atoms with Crippen LogP contribution < -0.4 is 0 Å². The minimum Gasteiger partial charge on any atom is -0.390 e. The lowest BCUT2D eigenvalue weighted by Crippen LogP contribution is -2.41.